The first kappa shape index (κ1) is 11.9. The van der Waals surface area contributed by atoms with Gasteiger partial charge in [-0.15, -0.1) is 0 Å². The molecule has 2 rings (SSSR count). The SMILES string of the molecule is C[C@@H]1CN(c2ncccc2C(=O)O)CC[C@H]1O. The molecule has 0 unspecified atom stereocenters. The van der Waals surface area contributed by atoms with Gasteiger partial charge in [0, 0.05) is 19.3 Å². The van der Waals surface area contributed by atoms with E-state index in [1.165, 1.54) is 0 Å². The average molecular weight is 236 g/mol. The van der Waals surface area contributed by atoms with Crippen molar-refractivity contribution >= 4 is 11.8 Å². The summed E-state index contributed by atoms with van der Waals surface area (Å²) in [4.78, 5) is 17.2. The number of piperidine rings is 1. The van der Waals surface area contributed by atoms with Crippen molar-refractivity contribution in [3.8, 4) is 0 Å². The molecule has 1 aliphatic rings. The van der Waals surface area contributed by atoms with Gasteiger partial charge in [-0.05, 0) is 24.5 Å². The molecule has 0 radical (unpaired) electrons. The number of nitrogens with zero attached hydrogens (tertiary/aromatic N) is 2. The molecule has 1 aromatic heterocycles. The van der Waals surface area contributed by atoms with E-state index in [4.69, 9.17) is 5.11 Å². The Labute approximate surface area is 99.7 Å². The molecule has 2 N–H and O–H groups in total. The van der Waals surface area contributed by atoms with E-state index < -0.39 is 5.97 Å². The van der Waals surface area contributed by atoms with Gasteiger partial charge in [0.1, 0.15) is 11.4 Å². The highest BCUT2D eigenvalue weighted by atomic mass is 16.4. The smallest absolute Gasteiger partial charge is 0.339 e. The molecule has 0 amide bonds. The lowest BCUT2D eigenvalue weighted by Crippen LogP contribution is -2.42. The zero-order valence-electron chi connectivity index (χ0n) is 9.71. The molecule has 0 aliphatic carbocycles. The Hall–Kier alpha value is -1.62. The van der Waals surface area contributed by atoms with Crippen LogP contribution in [0.15, 0.2) is 18.3 Å². The van der Waals surface area contributed by atoms with Gasteiger partial charge >= 0.3 is 5.97 Å². The van der Waals surface area contributed by atoms with Gasteiger partial charge in [-0.1, -0.05) is 6.92 Å². The van der Waals surface area contributed by atoms with Gasteiger partial charge in [0.2, 0.25) is 0 Å². The molecule has 0 bridgehead atoms. The lowest BCUT2D eigenvalue weighted by Gasteiger charge is -2.35. The van der Waals surface area contributed by atoms with Crippen LogP contribution in [0.4, 0.5) is 5.82 Å². The first-order valence-electron chi connectivity index (χ1n) is 5.71. The van der Waals surface area contributed by atoms with E-state index in [0.717, 1.165) is 0 Å². The Bertz CT molecular complexity index is 422. The van der Waals surface area contributed by atoms with Crippen LogP contribution in [0, 0.1) is 5.92 Å². The third kappa shape index (κ3) is 2.39. The fourth-order valence-corrected chi connectivity index (χ4v) is 2.14. The van der Waals surface area contributed by atoms with Crippen molar-refractivity contribution in [1.82, 2.24) is 4.98 Å². The summed E-state index contributed by atoms with van der Waals surface area (Å²) >= 11 is 0. The summed E-state index contributed by atoms with van der Waals surface area (Å²) in [7, 11) is 0. The molecule has 1 aliphatic heterocycles. The van der Waals surface area contributed by atoms with Crippen LogP contribution in [0.25, 0.3) is 0 Å². The minimum absolute atomic E-state index is 0.132. The summed E-state index contributed by atoms with van der Waals surface area (Å²) in [6.45, 7) is 3.24. The number of hydrogen-bond acceptors (Lipinski definition) is 4. The Morgan fingerprint density at radius 1 is 1.59 bits per heavy atom. The standard InChI is InChI=1S/C12H16N2O3/c1-8-7-14(6-4-10(8)15)11-9(12(16)17)3-2-5-13-11/h2-3,5,8,10,15H,4,6-7H2,1H3,(H,16,17)/t8-,10-/m1/s1. The molecule has 5 heteroatoms. The third-order valence-electron chi connectivity index (χ3n) is 3.18. The van der Waals surface area contributed by atoms with Gasteiger partial charge in [-0.3, -0.25) is 0 Å². The lowest BCUT2D eigenvalue weighted by molar-refractivity contribution is 0.0696. The van der Waals surface area contributed by atoms with E-state index in [9.17, 15) is 9.90 Å². The summed E-state index contributed by atoms with van der Waals surface area (Å²) in [6.07, 6.45) is 1.94. The van der Waals surface area contributed by atoms with Gasteiger partial charge in [-0.25, -0.2) is 9.78 Å². The molecule has 1 fully saturated rings. The summed E-state index contributed by atoms with van der Waals surface area (Å²) in [5.41, 5.74) is 0.219. The fraction of sp³-hybridized carbons (Fsp3) is 0.500. The van der Waals surface area contributed by atoms with Crippen LogP contribution in [0.5, 0.6) is 0 Å². The number of aromatic nitrogens is 1. The van der Waals surface area contributed by atoms with Gasteiger partial charge in [-0.2, -0.15) is 0 Å². The Kier molecular flexibility index (Phi) is 3.28. The number of pyridine rings is 1. The third-order valence-corrected chi connectivity index (χ3v) is 3.18. The van der Waals surface area contributed by atoms with Crippen molar-refractivity contribution < 1.29 is 15.0 Å². The lowest BCUT2D eigenvalue weighted by atomic mass is 9.96. The Morgan fingerprint density at radius 3 is 3.00 bits per heavy atom. The highest BCUT2D eigenvalue weighted by molar-refractivity contribution is 5.93. The molecule has 0 aromatic carbocycles. The van der Waals surface area contributed by atoms with E-state index in [-0.39, 0.29) is 17.6 Å². The normalized spacial score (nSPS) is 24.7. The molecule has 17 heavy (non-hydrogen) atoms. The van der Waals surface area contributed by atoms with Crippen molar-refractivity contribution in [1.29, 1.82) is 0 Å². The minimum Gasteiger partial charge on any atom is -0.478 e. The summed E-state index contributed by atoms with van der Waals surface area (Å²) in [5.74, 6) is -0.335. The molecular formula is C12H16N2O3. The van der Waals surface area contributed by atoms with Crippen LogP contribution in [-0.4, -0.2) is 40.4 Å². The van der Waals surface area contributed by atoms with Crippen LogP contribution in [-0.2, 0) is 0 Å². The predicted octanol–water partition coefficient (Wildman–Crippen LogP) is 0.987. The zero-order chi connectivity index (χ0) is 12.4. The maximum absolute atomic E-state index is 11.1. The number of carboxylic acid groups (broad SMARTS) is 1. The maximum Gasteiger partial charge on any atom is 0.339 e. The fourth-order valence-electron chi connectivity index (χ4n) is 2.14. The maximum atomic E-state index is 11.1. The summed E-state index contributed by atoms with van der Waals surface area (Å²) < 4.78 is 0. The zero-order valence-corrected chi connectivity index (χ0v) is 9.71. The number of anilines is 1. The first-order valence-corrected chi connectivity index (χ1v) is 5.71. The predicted molar refractivity (Wildman–Crippen MR) is 63.2 cm³/mol. The molecule has 2 heterocycles. The van der Waals surface area contributed by atoms with Crippen LogP contribution in [0.1, 0.15) is 23.7 Å². The molecule has 5 nitrogen and oxygen atoms in total. The van der Waals surface area contributed by atoms with Crippen molar-refractivity contribution in [2.45, 2.75) is 19.4 Å². The average Bonchev–Trinajstić information content (AvgIpc) is 2.32. The largest absolute Gasteiger partial charge is 0.478 e. The molecule has 2 atom stereocenters. The van der Waals surface area contributed by atoms with E-state index >= 15 is 0 Å². The van der Waals surface area contributed by atoms with Crippen molar-refractivity contribution in [2.75, 3.05) is 18.0 Å². The summed E-state index contributed by atoms with van der Waals surface area (Å²) in [6, 6.07) is 3.18. The number of carbonyl (C=O) groups is 1. The van der Waals surface area contributed by atoms with Gasteiger partial charge < -0.3 is 15.1 Å². The minimum atomic E-state index is -0.966. The van der Waals surface area contributed by atoms with E-state index in [2.05, 4.69) is 4.98 Å². The molecule has 1 saturated heterocycles. The monoisotopic (exact) mass is 236 g/mol. The van der Waals surface area contributed by atoms with Crippen LogP contribution in [0.2, 0.25) is 0 Å². The number of aromatic carboxylic acids is 1. The second-order valence-corrected chi connectivity index (χ2v) is 4.46. The number of carboxylic acids is 1. The molecule has 1 aromatic rings. The quantitative estimate of drug-likeness (QED) is 0.801. The van der Waals surface area contributed by atoms with Crippen LogP contribution in [0.3, 0.4) is 0 Å². The highest BCUT2D eigenvalue weighted by Crippen LogP contribution is 2.24. The Balaban J connectivity index is 2.25. The topological polar surface area (TPSA) is 73.7 Å². The van der Waals surface area contributed by atoms with E-state index in [1.807, 2.05) is 11.8 Å². The van der Waals surface area contributed by atoms with Crippen LogP contribution >= 0.6 is 0 Å². The van der Waals surface area contributed by atoms with Gasteiger partial charge in [0.05, 0.1) is 6.10 Å². The molecular weight excluding hydrogens is 220 g/mol. The molecule has 92 valence electrons. The number of hydrogen-bond donors (Lipinski definition) is 2. The number of rotatable bonds is 2. The summed E-state index contributed by atoms with van der Waals surface area (Å²) in [5, 5.41) is 18.8. The number of aliphatic hydroxyl groups excluding tert-OH is 1. The highest BCUT2D eigenvalue weighted by Gasteiger charge is 2.27. The molecule has 0 saturated carbocycles. The second kappa shape index (κ2) is 4.71. The van der Waals surface area contributed by atoms with Gasteiger partial charge in [0.25, 0.3) is 0 Å². The van der Waals surface area contributed by atoms with Crippen molar-refractivity contribution in [3.05, 3.63) is 23.9 Å². The van der Waals surface area contributed by atoms with Crippen molar-refractivity contribution in [3.63, 3.8) is 0 Å². The van der Waals surface area contributed by atoms with E-state index in [0.29, 0.717) is 25.3 Å². The van der Waals surface area contributed by atoms with Crippen molar-refractivity contribution in [2.24, 2.45) is 5.92 Å². The molecule has 0 spiro atoms. The number of aliphatic hydroxyl groups is 1. The first-order chi connectivity index (χ1) is 8.09. The van der Waals surface area contributed by atoms with E-state index in [1.54, 1.807) is 18.3 Å². The second-order valence-electron chi connectivity index (χ2n) is 4.46. The van der Waals surface area contributed by atoms with Crippen LogP contribution < -0.4 is 4.90 Å². The van der Waals surface area contributed by atoms with Gasteiger partial charge in [0.15, 0.2) is 0 Å². The Morgan fingerprint density at radius 2 is 2.35 bits per heavy atom.